The molecule has 0 aliphatic carbocycles. The van der Waals surface area contributed by atoms with E-state index in [0.29, 0.717) is 0 Å². The van der Waals surface area contributed by atoms with Crippen molar-refractivity contribution >= 4 is 11.8 Å². The van der Waals surface area contributed by atoms with E-state index in [-0.39, 0.29) is 12.3 Å². The van der Waals surface area contributed by atoms with Crippen LogP contribution in [0.4, 0.5) is 0 Å². The smallest absolute Gasteiger partial charge is 0.303 e. The van der Waals surface area contributed by atoms with Gasteiger partial charge in [0.1, 0.15) is 5.84 Å². The maximum atomic E-state index is 9.37. The summed E-state index contributed by atoms with van der Waals surface area (Å²) in [4.78, 5) is 9.37. The van der Waals surface area contributed by atoms with Crippen molar-refractivity contribution in [2.24, 2.45) is 5.73 Å². The van der Waals surface area contributed by atoms with Crippen LogP contribution in [0.25, 0.3) is 0 Å². The summed E-state index contributed by atoms with van der Waals surface area (Å²) in [6.07, 6.45) is 0.222. The molecule has 0 unspecified atom stereocenters. The average Bonchev–Trinajstić information content (AvgIpc) is 2.22. The van der Waals surface area contributed by atoms with Gasteiger partial charge in [-0.1, -0.05) is 19.1 Å². The van der Waals surface area contributed by atoms with Gasteiger partial charge in [-0.3, -0.25) is 10.2 Å². The molecule has 4 N–H and O–H groups in total. The molecule has 0 aromatic heterocycles. The number of benzene rings is 1. The molecule has 0 bridgehead atoms. The van der Waals surface area contributed by atoms with Gasteiger partial charge < -0.3 is 10.8 Å². The standard InChI is InChI=1S/C9H12N2.C3H6O2/c1-6-3-4-8(9(10)11)5-7(6)2;1-2-3(4)5/h3-5H,1-2H3,(H3,10,11);2H2,1H3,(H,4,5). The topological polar surface area (TPSA) is 87.2 Å². The van der Waals surface area contributed by atoms with Crippen molar-refractivity contribution < 1.29 is 9.90 Å². The van der Waals surface area contributed by atoms with Crippen molar-refractivity contribution in [2.45, 2.75) is 27.2 Å². The van der Waals surface area contributed by atoms with E-state index >= 15 is 0 Å². The quantitative estimate of drug-likeness (QED) is 0.528. The minimum absolute atomic E-state index is 0.133. The molecule has 0 radical (unpaired) electrons. The van der Waals surface area contributed by atoms with Crippen molar-refractivity contribution in [2.75, 3.05) is 0 Å². The largest absolute Gasteiger partial charge is 0.481 e. The number of carbonyl (C=O) groups is 1. The summed E-state index contributed by atoms with van der Waals surface area (Å²) in [5.74, 6) is -0.613. The molecule has 0 aliphatic heterocycles. The molecular weight excluding hydrogens is 204 g/mol. The molecule has 0 saturated carbocycles. The van der Waals surface area contributed by atoms with E-state index in [1.165, 1.54) is 11.1 Å². The number of aryl methyl sites for hydroxylation is 2. The minimum Gasteiger partial charge on any atom is -0.481 e. The van der Waals surface area contributed by atoms with Crippen molar-refractivity contribution in [1.29, 1.82) is 5.41 Å². The van der Waals surface area contributed by atoms with Crippen LogP contribution >= 0.6 is 0 Å². The number of amidine groups is 1. The zero-order valence-electron chi connectivity index (χ0n) is 9.87. The normalized spacial score (nSPS) is 8.94. The molecule has 16 heavy (non-hydrogen) atoms. The highest BCUT2D eigenvalue weighted by molar-refractivity contribution is 5.95. The van der Waals surface area contributed by atoms with Crippen LogP contribution in [0.1, 0.15) is 30.0 Å². The van der Waals surface area contributed by atoms with Crippen LogP contribution in [0.15, 0.2) is 18.2 Å². The van der Waals surface area contributed by atoms with Gasteiger partial charge >= 0.3 is 5.97 Å². The first-order chi connectivity index (χ1) is 7.38. The molecule has 88 valence electrons. The predicted octanol–water partition coefficient (Wildman–Crippen LogP) is 2.07. The molecule has 4 nitrogen and oxygen atoms in total. The van der Waals surface area contributed by atoms with Crippen molar-refractivity contribution in [1.82, 2.24) is 0 Å². The third kappa shape index (κ3) is 5.14. The summed E-state index contributed by atoms with van der Waals surface area (Å²) in [5.41, 5.74) is 8.53. The minimum atomic E-state index is -0.745. The molecule has 0 spiro atoms. The monoisotopic (exact) mass is 222 g/mol. The van der Waals surface area contributed by atoms with Crippen LogP contribution in [0.2, 0.25) is 0 Å². The SMILES string of the molecule is CCC(=O)O.Cc1ccc(C(=N)N)cc1C. The number of hydrogen-bond acceptors (Lipinski definition) is 2. The van der Waals surface area contributed by atoms with E-state index in [4.69, 9.17) is 16.2 Å². The van der Waals surface area contributed by atoms with E-state index < -0.39 is 5.97 Å². The van der Waals surface area contributed by atoms with Crippen LogP contribution in [0, 0.1) is 19.3 Å². The Hall–Kier alpha value is -1.84. The summed E-state index contributed by atoms with van der Waals surface area (Å²) < 4.78 is 0. The molecule has 1 aromatic rings. The fraction of sp³-hybridized carbons (Fsp3) is 0.333. The van der Waals surface area contributed by atoms with Gasteiger partial charge in [0.25, 0.3) is 0 Å². The lowest BCUT2D eigenvalue weighted by Gasteiger charge is -2.02. The fourth-order valence-electron chi connectivity index (χ4n) is 0.909. The molecule has 0 aliphatic rings. The van der Waals surface area contributed by atoms with Crippen molar-refractivity contribution in [3.63, 3.8) is 0 Å². The second kappa shape index (κ2) is 6.61. The van der Waals surface area contributed by atoms with Crippen LogP contribution in [-0.2, 0) is 4.79 Å². The zero-order valence-corrected chi connectivity index (χ0v) is 9.87. The number of rotatable bonds is 2. The van der Waals surface area contributed by atoms with Crippen LogP contribution in [-0.4, -0.2) is 16.9 Å². The number of nitrogen functional groups attached to an aromatic ring is 1. The molecule has 0 atom stereocenters. The second-order valence-corrected chi connectivity index (χ2v) is 3.46. The van der Waals surface area contributed by atoms with E-state index in [0.717, 1.165) is 5.56 Å². The predicted molar refractivity (Wildman–Crippen MR) is 64.9 cm³/mol. The van der Waals surface area contributed by atoms with E-state index in [9.17, 15) is 4.79 Å². The summed E-state index contributed by atoms with van der Waals surface area (Å²) in [7, 11) is 0. The van der Waals surface area contributed by atoms with Gasteiger partial charge in [0.15, 0.2) is 0 Å². The maximum absolute atomic E-state index is 9.37. The van der Waals surface area contributed by atoms with Gasteiger partial charge in [0.05, 0.1) is 0 Å². The molecule has 0 fully saturated rings. The molecule has 1 rings (SSSR count). The van der Waals surface area contributed by atoms with Gasteiger partial charge in [-0.25, -0.2) is 0 Å². The lowest BCUT2D eigenvalue weighted by atomic mass is 10.1. The first kappa shape index (κ1) is 14.2. The molecule has 0 heterocycles. The summed E-state index contributed by atoms with van der Waals surface area (Å²) >= 11 is 0. The molecular formula is C12H18N2O2. The summed E-state index contributed by atoms with van der Waals surface area (Å²) in [6.45, 7) is 5.66. The number of aliphatic carboxylic acids is 1. The van der Waals surface area contributed by atoms with Gasteiger partial charge in [-0.15, -0.1) is 0 Å². The van der Waals surface area contributed by atoms with Gasteiger partial charge in [-0.05, 0) is 31.0 Å². The molecule has 0 amide bonds. The Morgan fingerprint density at radius 3 is 2.19 bits per heavy atom. The zero-order chi connectivity index (χ0) is 12.7. The Morgan fingerprint density at radius 1 is 1.38 bits per heavy atom. The number of hydrogen-bond donors (Lipinski definition) is 3. The molecule has 1 aromatic carbocycles. The Balaban J connectivity index is 0.000000385. The van der Waals surface area contributed by atoms with E-state index in [2.05, 4.69) is 0 Å². The first-order valence-electron chi connectivity index (χ1n) is 5.02. The number of carboxylic acid groups (broad SMARTS) is 1. The second-order valence-electron chi connectivity index (χ2n) is 3.46. The third-order valence-corrected chi connectivity index (χ3v) is 2.12. The van der Waals surface area contributed by atoms with Crippen LogP contribution < -0.4 is 5.73 Å². The highest BCUT2D eigenvalue weighted by atomic mass is 16.4. The maximum Gasteiger partial charge on any atom is 0.303 e. The number of nitrogens with one attached hydrogen (secondary N) is 1. The van der Waals surface area contributed by atoms with E-state index in [1.807, 2.05) is 32.0 Å². The Labute approximate surface area is 95.6 Å². The summed E-state index contributed by atoms with van der Waals surface area (Å²) in [6, 6.07) is 5.77. The van der Waals surface area contributed by atoms with Gasteiger partial charge in [0.2, 0.25) is 0 Å². The van der Waals surface area contributed by atoms with Crippen LogP contribution in [0.3, 0.4) is 0 Å². The van der Waals surface area contributed by atoms with Gasteiger partial charge in [0, 0.05) is 12.0 Å². The third-order valence-electron chi connectivity index (χ3n) is 2.12. The highest BCUT2D eigenvalue weighted by Crippen LogP contribution is 2.08. The summed E-state index contributed by atoms with van der Waals surface area (Å²) in [5, 5.41) is 14.9. The first-order valence-corrected chi connectivity index (χ1v) is 5.02. The number of carboxylic acids is 1. The highest BCUT2D eigenvalue weighted by Gasteiger charge is 1.97. The Morgan fingerprint density at radius 2 is 1.88 bits per heavy atom. The lowest BCUT2D eigenvalue weighted by molar-refractivity contribution is -0.136. The molecule has 4 heteroatoms. The lowest BCUT2D eigenvalue weighted by Crippen LogP contribution is -2.11. The van der Waals surface area contributed by atoms with Crippen molar-refractivity contribution in [3.8, 4) is 0 Å². The Kier molecular flexibility index (Phi) is 5.85. The average molecular weight is 222 g/mol. The fourth-order valence-corrected chi connectivity index (χ4v) is 0.909. The van der Waals surface area contributed by atoms with Gasteiger partial charge in [-0.2, -0.15) is 0 Å². The number of nitrogens with two attached hydrogens (primary N) is 1. The van der Waals surface area contributed by atoms with Crippen molar-refractivity contribution in [3.05, 3.63) is 34.9 Å². The molecule has 0 saturated heterocycles. The Bertz CT molecular complexity index is 387. The van der Waals surface area contributed by atoms with E-state index in [1.54, 1.807) is 6.92 Å². The van der Waals surface area contributed by atoms with Crippen LogP contribution in [0.5, 0.6) is 0 Å².